The highest BCUT2D eigenvalue weighted by molar-refractivity contribution is 5.97. The third-order valence-electron chi connectivity index (χ3n) is 5.66. The minimum Gasteiger partial charge on any atom is -0.459 e. The smallest absolute Gasteiger partial charge is 0.290 e. The quantitative estimate of drug-likeness (QED) is 0.395. The van der Waals surface area contributed by atoms with Crippen LogP contribution in [-0.2, 0) is 16.8 Å². The van der Waals surface area contributed by atoms with Gasteiger partial charge >= 0.3 is 0 Å². The average molecular weight is 471 g/mol. The molecule has 2 aromatic carbocycles. The van der Waals surface area contributed by atoms with Gasteiger partial charge in [-0.3, -0.25) is 9.59 Å². The zero-order valence-corrected chi connectivity index (χ0v) is 20.5. The number of hydrogen-bond donors (Lipinski definition) is 1. The maximum atomic E-state index is 13.2. The van der Waals surface area contributed by atoms with Gasteiger partial charge in [0.1, 0.15) is 12.4 Å². The van der Waals surface area contributed by atoms with Crippen LogP contribution >= 0.6 is 0 Å². The van der Waals surface area contributed by atoms with E-state index >= 15 is 0 Å². The van der Waals surface area contributed by atoms with Gasteiger partial charge in [-0.15, -0.1) is 0 Å². The summed E-state index contributed by atoms with van der Waals surface area (Å²) in [7, 11) is 0. The van der Waals surface area contributed by atoms with E-state index in [2.05, 4.69) is 26.1 Å². The van der Waals surface area contributed by atoms with Crippen LogP contribution < -0.4 is 5.32 Å². The topological polar surface area (TPSA) is 80.4 Å². The van der Waals surface area contributed by atoms with E-state index in [4.69, 9.17) is 9.52 Å². The third-order valence-corrected chi connectivity index (χ3v) is 5.66. The number of nitrogens with one attached hydrogen (secondary N) is 1. The van der Waals surface area contributed by atoms with Crippen molar-refractivity contribution < 1.29 is 14.0 Å². The average Bonchev–Trinajstić information content (AvgIpc) is 3.50. The Morgan fingerprint density at radius 3 is 2.37 bits per heavy atom. The fourth-order valence-electron chi connectivity index (χ4n) is 3.74. The second kappa shape index (κ2) is 10.0. The van der Waals surface area contributed by atoms with Crippen molar-refractivity contribution in [3.05, 3.63) is 102 Å². The number of rotatable bonds is 7. The molecule has 0 unspecified atom stereocenters. The van der Waals surface area contributed by atoms with Crippen LogP contribution in [0.25, 0.3) is 5.69 Å². The zero-order chi connectivity index (χ0) is 25.0. The number of aryl methyl sites for hydroxylation is 1. The monoisotopic (exact) mass is 470 g/mol. The minimum absolute atomic E-state index is 0.141. The zero-order valence-electron chi connectivity index (χ0n) is 20.5. The predicted molar refractivity (Wildman–Crippen MR) is 136 cm³/mol. The first-order valence-electron chi connectivity index (χ1n) is 11.6. The van der Waals surface area contributed by atoms with E-state index in [9.17, 15) is 9.59 Å². The summed E-state index contributed by atoms with van der Waals surface area (Å²) in [5, 5.41) is 7.78. The third kappa shape index (κ3) is 5.69. The number of benzene rings is 2. The summed E-state index contributed by atoms with van der Waals surface area (Å²) in [6.07, 6.45) is 1.45. The lowest BCUT2D eigenvalue weighted by atomic mass is 9.92. The molecule has 0 aliphatic carbocycles. The molecule has 2 aromatic heterocycles. The first-order valence-corrected chi connectivity index (χ1v) is 11.6. The summed E-state index contributed by atoms with van der Waals surface area (Å²) in [6.45, 7) is 8.37. The van der Waals surface area contributed by atoms with Crippen molar-refractivity contribution in [2.45, 2.75) is 39.7 Å². The molecule has 1 N–H and O–H groups in total. The second-order valence-corrected chi connectivity index (χ2v) is 9.54. The summed E-state index contributed by atoms with van der Waals surface area (Å²) >= 11 is 0. The first kappa shape index (κ1) is 24.0. The Hall–Kier alpha value is -4.13. The highest BCUT2D eigenvalue weighted by Crippen LogP contribution is 2.27. The standard InChI is InChI=1S/C28H30N4O3/c1-20-11-8-9-14-22(20)32-25(17-24(30-32)28(2,3)4)29-26(33)19-31(18-21-12-6-5-7-13-21)27(34)23-15-10-16-35-23/h5-17H,18-19H2,1-4H3,(H,29,33). The molecule has 4 aromatic rings. The summed E-state index contributed by atoms with van der Waals surface area (Å²) in [4.78, 5) is 27.8. The molecule has 0 spiro atoms. The van der Waals surface area contributed by atoms with Crippen LogP contribution in [0.3, 0.4) is 0 Å². The van der Waals surface area contributed by atoms with Crippen molar-refractivity contribution in [1.29, 1.82) is 0 Å². The van der Waals surface area contributed by atoms with Crippen LogP contribution in [0.4, 0.5) is 5.82 Å². The number of anilines is 1. The molecule has 0 aliphatic heterocycles. The van der Waals surface area contributed by atoms with Crippen molar-refractivity contribution in [2.75, 3.05) is 11.9 Å². The molecule has 0 bridgehead atoms. The van der Waals surface area contributed by atoms with E-state index in [1.165, 1.54) is 11.2 Å². The number of carbonyl (C=O) groups excluding carboxylic acids is 2. The molecule has 180 valence electrons. The van der Waals surface area contributed by atoms with Gasteiger partial charge in [-0.2, -0.15) is 5.10 Å². The van der Waals surface area contributed by atoms with E-state index < -0.39 is 0 Å². The first-order chi connectivity index (χ1) is 16.7. The van der Waals surface area contributed by atoms with Gasteiger partial charge in [0.2, 0.25) is 5.91 Å². The molecular weight excluding hydrogens is 440 g/mol. The van der Waals surface area contributed by atoms with Crippen molar-refractivity contribution in [3.63, 3.8) is 0 Å². The minimum atomic E-state index is -0.350. The molecular formula is C28H30N4O3. The molecule has 2 heterocycles. The van der Waals surface area contributed by atoms with E-state index in [0.717, 1.165) is 22.5 Å². The van der Waals surface area contributed by atoms with Crippen LogP contribution in [0.2, 0.25) is 0 Å². The molecule has 0 aliphatic rings. The summed E-state index contributed by atoms with van der Waals surface area (Å²) in [6, 6.07) is 22.6. The maximum absolute atomic E-state index is 13.2. The largest absolute Gasteiger partial charge is 0.459 e. The van der Waals surface area contributed by atoms with E-state index in [1.54, 1.807) is 16.8 Å². The number of carbonyl (C=O) groups is 2. The van der Waals surface area contributed by atoms with Gasteiger partial charge in [0.05, 0.1) is 17.6 Å². The number of amides is 2. The van der Waals surface area contributed by atoms with Gasteiger partial charge in [0.25, 0.3) is 5.91 Å². The maximum Gasteiger partial charge on any atom is 0.290 e. The normalized spacial score (nSPS) is 11.3. The van der Waals surface area contributed by atoms with Crippen LogP contribution in [0.5, 0.6) is 0 Å². The molecule has 0 saturated carbocycles. The van der Waals surface area contributed by atoms with Gasteiger partial charge in [-0.05, 0) is 36.2 Å². The summed E-state index contributed by atoms with van der Waals surface area (Å²) in [5.74, 6) is 0.0702. The van der Waals surface area contributed by atoms with Crippen LogP contribution in [0.15, 0.2) is 83.5 Å². The number of para-hydroxylation sites is 1. The molecule has 0 fully saturated rings. The Balaban J connectivity index is 1.61. The molecule has 2 amide bonds. The van der Waals surface area contributed by atoms with Crippen LogP contribution in [0, 0.1) is 6.92 Å². The molecule has 7 nitrogen and oxygen atoms in total. The van der Waals surface area contributed by atoms with Crippen molar-refractivity contribution >= 4 is 17.6 Å². The van der Waals surface area contributed by atoms with Crippen LogP contribution in [0.1, 0.15) is 48.1 Å². The Morgan fingerprint density at radius 1 is 1.00 bits per heavy atom. The number of aromatic nitrogens is 2. The van der Waals surface area contributed by atoms with E-state index in [-0.39, 0.29) is 36.1 Å². The van der Waals surface area contributed by atoms with Gasteiger partial charge in [0, 0.05) is 18.0 Å². The van der Waals surface area contributed by atoms with Gasteiger partial charge in [0.15, 0.2) is 5.76 Å². The Labute approximate surface area is 205 Å². The number of furan rings is 1. The van der Waals surface area contributed by atoms with Crippen molar-refractivity contribution in [2.24, 2.45) is 0 Å². The molecule has 35 heavy (non-hydrogen) atoms. The lowest BCUT2D eigenvalue weighted by Crippen LogP contribution is -2.37. The summed E-state index contributed by atoms with van der Waals surface area (Å²) < 4.78 is 7.06. The summed E-state index contributed by atoms with van der Waals surface area (Å²) in [5.41, 5.74) is 3.47. The fraction of sp³-hybridized carbons (Fsp3) is 0.250. The van der Waals surface area contributed by atoms with Crippen molar-refractivity contribution in [3.8, 4) is 5.69 Å². The Bertz CT molecular complexity index is 1300. The SMILES string of the molecule is Cc1ccccc1-n1nc(C(C)(C)C)cc1NC(=O)CN(Cc1ccccc1)C(=O)c1ccco1. The predicted octanol–water partition coefficient (Wildman–Crippen LogP) is 5.35. The lowest BCUT2D eigenvalue weighted by molar-refractivity contribution is -0.117. The van der Waals surface area contributed by atoms with Crippen LogP contribution in [-0.4, -0.2) is 33.0 Å². The molecule has 0 radical (unpaired) electrons. The highest BCUT2D eigenvalue weighted by Gasteiger charge is 2.25. The Morgan fingerprint density at radius 2 is 1.71 bits per heavy atom. The lowest BCUT2D eigenvalue weighted by Gasteiger charge is -2.21. The number of hydrogen-bond acceptors (Lipinski definition) is 4. The molecule has 4 rings (SSSR count). The van der Waals surface area contributed by atoms with E-state index in [1.807, 2.05) is 67.6 Å². The van der Waals surface area contributed by atoms with Crippen molar-refractivity contribution in [1.82, 2.24) is 14.7 Å². The molecule has 0 saturated heterocycles. The molecule has 7 heteroatoms. The van der Waals surface area contributed by atoms with Gasteiger partial charge in [-0.25, -0.2) is 4.68 Å². The Kier molecular flexibility index (Phi) is 6.87. The van der Waals surface area contributed by atoms with Gasteiger partial charge < -0.3 is 14.6 Å². The number of nitrogens with zero attached hydrogens (tertiary/aromatic N) is 3. The van der Waals surface area contributed by atoms with Gasteiger partial charge in [-0.1, -0.05) is 69.3 Å². The fourth-order valence-corrected chi connectivity index (χ4v) is 3.74. The highest BCUT2D eigenvalue weighted by atomic mass is 16.3. The second-order valence-electron chi connectivity index (χ2n) is 9.54. The molecule has 0 atom stereocenters. The van der Waals surface area contributed by atoms with E-state index in [0.29, 0.717) is 5.82 Å².